The fourth-order valence-electron chi connectivity index (χ4n) is 2.69. The maximum atomic E-state index is 13.3. The van der Waals surface area contributed by atoms with Gasteiger partial charge in [-0.3, -0.25) is 4.79 Å². The molecule has 0 amide bonds. The lowest BCUT2D eigenvalue weighted by Crippen LogP contribution is -2.40. The van der Waals surface area contributed by atoms with Gasteiger partial charge in [-0.05, 0) is 36.4 Å². The highest BCUT2D eigenvalue weighted by Crippen LogP contribution is 2.21. The van der Waals surface area contributed by atoms with Crippen LogP contribution in [0.1, 0.15) is 22.7 Å². The molecule has 0 aliphatic rings. The van der Waals surface area contributed by atoms with Gasteiger partial charge in [0.05, 0.1) is 0 Å². The van der Waals surface area contributed by atoms with Crippen molar-refractivity contribution in [1.82, 2.24) is 4.57 Å². The zero-order valence-corrected chi connectivity index (χ0v) is 13.1. The monoisotopic (exact) mass is 335 g/mol. The van der Waals surface area contributed by atoms with Crippen molar-refractivity contribution in [3.05, 3.63) is 64.9 Å². The van der Waals surface area contributed by atoms with E-state index in [9.17, 15) is 13.6 Å². The van der Waals surface area contributed by atoms with E-state index in [4.69, 9.17) is 11.6 Å². The first kappa shape index (κ1) is 15.6. The van der Waals surface area contributed by atoms with E-state index in [1.54, 1.807) is 60.0 Å². The summed E-state index contributed by atoms with van der Waals surface area (Å²) < 4.78 is 29.2. The van der Waals surface area contributed by atoms with Gasteiger partial charge in [0.15, 0.2) is 17.6 Å². The molecule has 3 aromatic rings. The quantitative estimate of drug-likeness (QED) is 0.519. The van der Waals surface area contributed by atoms with Crippen LogP contribution in [0.3, 0.4) is 0 Å². The molecular weight excluding hydrogens is 322 g/mol. The third kappa shape index (κ3) is 2.84. The molecule has 0 unspecified atom stereocenters. The zero-order chi connectivity index (χ0) is 16.6. The summed E-state index contributed by atoms with van der Waals surface area (Å²) in [7, 11) is 0. The Balaban J connectivity index is 2.05. The number of Topliss-reactive ketones (excluding diaryl/α,β-unsaturated/α-hetero) is 1. The Morgan fingerprint density at radius 1 is 1.17 bits per heavy atom. The maximum Gasteiger partial charge on any atom is 0.387 e. The van der Waals surface area contributed by atoms with E-state index in [-0.39, 0.29) is 12.3 Å². The van der Waals surface area contributed by atoms with Crippen LogP contribution in [0.4, 0.5) is 8.78 Å². The predicted octanol–water partition coefficient (Wildman–Crippen LogP) is 4.17. The summed E-state index contributed by atoms with van der Waals surface area (Å²) in [6.45, 7) is -1.08. The average Bonchev–Trinajstić information content (AvgIpc) is 2.80. The molecule has 6 heteroatoms. The first-order valence-corrected chi connectivity index (χ1v) is 7.43. The molecule has 0 N–H and O–H groups in total. The van der Waals surface area contributed by atoms with Crippen molar-refractivity contribution in [2.45, 2.75) is 20.0 Å². The van der Waals surface area contributed by atoms with Crippen LogP contribution in [0.25, 0.3) is 11.0 Å². The van der Waals surface area contributed by atoms with Gasteiger partial charge >= 0.3 is 6.55 Å². The first-order valence-electron chi connectivity index (χ1n) is 7.05. The van der Waals surface area contributed by atoms with E-state index in [2.05, 4.69) is 0 Å². The topological polar surface area (TPSA) is 25.9 Å². The number of halogens is 3. The van der Waals surface area contributed by atoms with Crippen LogP contribution < -0.4 is 4.57 Å². The molecular formula is C17H14ClF2N2O+. The summed E-state index contributed by atoms with van der Waals surface area (Å²) in [6, 6.07) is 13.4. The smallest absolute Gasteiger partial charge is 0.290 e. The molecule has 0 spiro atoms. The zero-order valence-electron chi connectivity index (χ0n) is 12.3. The van der Waals surface area contributed by atoms with Crippen molar-refractivity contribution in [3.8, 4) is 0 Å². The Morgan fingerprint density at radius 2 is 1.83 bits per heavy atom. The highest BCUT2D eigenvalue weighted by Gasteiger charge is 2.28. The molecule has 1 aromatic heterocycles. The van der Waals surface area contributed by atoms with E-state index in [0.29, 0.717) is 27.4 Å². The number of nitrogens with zero attached hydrogens (tertiary/aromatic N) is 2. The second-order valence-corrected chi connectivity index (χ2v) is 5.64. The second kappa shape index (κ2) is 6.08. The second-order valence-electron chi connectivity index (χ2n) is 5.20. The van der Waals surface area contributed by atoms with E-state index in [1.165, 1.54) is 0 Å². The lowest BCUT2D eigenvalue weighted by atomic mass is 10.1. The maximum absolute atomic E-state index is 13.3. The SMILES string of the molecule is Cc1n(C(F)F)c2ccccc2[n+]1CC(=O)c1ccc(Cl)cc1. The number of ketones is 1. The summed E-state index contributed by atoms with van der Waals surface area (Å²) in [5.74, 6) is 0.176. The largest absolute Gasteiger partial charge is 0.387 e. The Bertz CT molecular complexity index is 872. The fraction of sp³-hybridized carbons (Fsp3) is 0.176. The molecule has 0 aliphatic heterocycles. The number of para-hydroxylation sites is 2. The number of benzene rings is 2. The van der Waals surface area contributed by atoms with Crippen LogP contribution in [0, 0.1) is 6.92 Å². The molecule has 0 saturated carbocycles. The van der Waals surface area contributed by atoms with Gasteiger partial charge in [0.1, 0.15) is 0 Å². The number of fused-ring (bicyclic) bond motifs is 1. The number of hydrogen-bond acceptors (Lipinski definition) is 1. The minimum atomic E-state index is -2.66. The van der Waals surface area contributed by atoms with Crippen LogP contribution in [-0.2, 0) is 6.54 Å². The lowest BCUT2D eigenvalue weighted by Gasteiger charge is -2.02. The van der Waals surface area contributed by atoms with Gasteiger partial charge in [0.25, 0.3) is 5.82 Å². The molecule has 3 nitrogen and oxygen atoms in total. The van der Waals surface area contributed by atoms with Crippen LogP contribution in [0.5, 0.6) is 0 Å². The van der Waals surface area contributed by atoms with Crippen molar-refractivity contribution in [2.75, 3.05) is 0 Å². The number of carbonyl (C=O) groups excluding carboxylic acids is 1. The molecule has 0 aliphatic carbocycles. The summed E-state index contributed by atoms with van der Waals surface area (Å²) in [5, 5.41) is 0.541. The highest BCUT2D eigenvalue weighted by atomic mass is 35.5. The third-order valence-corrected chi connectivity index (χ3v) is 4.09. The molecule has 2 aromatic carbocycles. The Morgan fingerprint density at radius 3 is 2.48 bits per heavy atom. The van der Waals surface area contributed by atoms with Crippen molar-refractivity contribution < 1.29 is 18.1 Å². The average molecular weight is 336 g/mol. The minimum absolute atomic E-state index is 0.00625. The highest BCUT2D eigenvalue weighted by molar-refractivity contribution is 6.30. The summed E-state index contributed by atoms with van der Waals surface area (Å²) in [5.41, 5.74) is 1.51. The fourth-order valence-corrected chi connectivity index (χ4v) is 2.82. The van der Waals surface area contributed by atoms with Crippen LogP contribution in [0.15, 0.2) is 48.5 Å². The number of carbonyl (C=O) groups is 1. The molecule has 0 bridgehead atoms. The third-order valence-electron chi connectivity index (χ3n) is 3.83. The molecule has 118 valence electrons. The van der Waals surface area contributed by atoms with Gasteiger partial charge in [0, 0.05) is 17.5 Å². The van der Waals surface area contributed by atoms with E-state index >= 15 is 0 Å². The number of hydrogen-bond donors (Lipinski definition) is 0. The van der Waals surface area contributed by atoms with Gasteiger partial charge in [-0.15, -0.1) is 0 Å². The molecule has 0 saturated heterocycles. The first-order chi connectivity index (χ1) is 11.0. The standard InChI is InChI=1S/C17H14ClF2N2O/c1-11-21(10-16(23)12-6-8-13(18)9-7-12)14-4-2-3-5-15(14)22(11)17(19)20/h2-9,17H,10H2,1H3/q+1. The normalized spacial score (nSPS) is 11.3. The minimum Gasteiger partial charge on any atom is -0.290 e. The number of alkyl halides is 2. The van der Waals surface area contributed by atoms with E-state index < -0.39 is 6.55 Å². The molecule has 1 heterocycles. The van der Waals surface area contributed by atoms with Gasteiger partial charge < -0.3 is 0 Å². The van der Waals surface area contributed by atoms with Crippen molar-refractivity contribution in [1.29, 1.82) is 0 Å². The molecule has 3 rings (SSSR count). The Labute approximate surface area is 136 Å². The van der Waals surface area contributed by atoms with Crippen molar-refractivity contribution >= 4 is 28.4 Å². The van der Waals surface area contributed by atoms with Crippen LogP contribution in [-0.4, -0.2) is 10.4 Å². The summed E-state index contributed by atoms with van der Waals surface area (Å²) in [4.78, 5) is 12.4. The lowest BCUT2D eigenvalue weighted by molar-refractivity contribution is -0.664. The van der Waals surface area contributed by atoms with Crippen LogP contribution >= 0.6 is 11.6 Å². The predicted molar refractivity (Wildman–Crippen MR) is 83.9 cm³/mol. The van der Waals surface area contributed by atoms with E-state index in [0.717, 1.165) is 4.57 Å². The Hall–Kier alpha value is -2.27. The number of imidazole rings is 1. The summed E-state index contributed by atoms with van der Waals surface area (Å²) in [6.07, 6.45) is 0. The Kier molecular flexibility index (Phi) is 4.13. The van der Waals surface area contributed by atoms with Gasteiger partial charge in [-0.1, -0.05) is 23.7 Å². The molecule has 0 radical (unpaired) electrons. The summed E-state index contributed by atoms with van der Waals surface area (Å²) >= 11 is 5.81. The number of aromatic nitrogens is 2. The van der Waals surface area contributed by atoms with Gasteiger partial charge in [0.2, 0.25) is 5.78 Å². The number of rotatable bonds is 4. The van der Waals surface area contributed by atoms with Crippen molar-refractivity contribution in [2.24, 2.45) is 0 Å². The molecule has 23 heavy (non-hydrogen) atoms. The van der Waals surface area contributed by atoms with Crippen LogP contribution in [0.2, 0.25) is 5.02 Å². The van der Waals surface area contributed by atoms with Crippen molar-refractivity contribution in [3.63, 3.8) is 0 Å². The molecule has 0 fully saturated rings. The van der Waals surface area contributed by atoms with E-state index in [1.807, 2.05) is 0 Å². The van der Waals surface area contributed by atoms with Gasteiger partial charge in [-0.25, -0.2) is 4.57 Å². The van der Waals surface area contributed by atoms with Gasteiger partial charge in [-0.2, -0.15) is 13.3 Å². The molecule has 0 atom stereocenters.